The van der Waals surface area contributed by atoms with Crippen molar-refractivity contribution in [2.45, 2.75) is 39.3 Å². The van der Waals surface area contributed by atoms with Crippen LogP contribution in [-0.2, 0) is 6.54 Å². The molecule has 4 rings (SSSR count). The van der Waals surface area contributed by atoms with E-state index in [1.54, 1.807) is 10.6 Å². The third kappa shape index (κ3) is 4.68. The number of piperidine rings is 1. The van der Waals surface area contributed by atoms with Gasteiger partial charge in [0.1, 0.15) is 17.2 Å². The quantitative estimate of drug-likeness (QED) is 0.447. The van der Waals surface area contributed by atoms with Crippen LogP contribution in [-0.4, -0.2) is 51.8 Å². The number of carboxylic acid groups (broad SMARTS) is 1. The maximum absolute atomic E-state index is 12.6. The SMILES string of the molecule is CCOc1cc(CN2CCC(n3c(=O)[nH]c4cc(C(=O)O)ccc43)CC2)cc(OCC)c1N. The molecule has 0 aliphatic carbocycles. The van der Waals surface area contributed by atoms with Crippen LogP contribution in [0.15, 0.2) is 35.1 Å². The molecule has 0 amide bonds. The number of anilines is 1. The number of likely N-dealkylation sites (tertiary alicyclic amines) is 1. The fourth-order valence-electron chi connectivity index (χ4n) is 4.52. The molecule has 2 heterocycles. The van der Waals surface area contributed by atoms with E-state index >= 15 is 0 Å². The molecule has 1 saturated heterocycles. The fraction of sp³-hybridized carbons (Fsp3) is 0.417. The Morgan fingerprint density at radius 3 is 2.33 bits per heavy atom. The lowest BCUT2D eigenvalue weighted by atomic mass is 10.0. The lowest BCUT2D eigenvalue weighted by molar-refractivity contribution is 0.0697. The van der Waals surface area contributed by atoms with Gasteiger partial charge in [-0.1, -0.05) is 0 Å². The van der Waals surface area contributed by atoms with Crippen LogP contribution in [0, 0.1) is 0 Å². The number of nitrogens with one attached hydrogen (secondary N) is 1. The van der Waals surface area contributed by atoms with Gasteiger partial charge in [0.25, 0.3) is 0 Å². The number of aromatic nitrogens is 2. The maximum atomic E-state index is 12.6. The van der Waals surface area contributed by atoms with E-state index in [1.165, 1.54) is 12.1 Å². The topological polar surface area (TPSA) is 123 Å². The minimum absolute atomic E-state index is 0.0579. The van der Waals surface area contributed by atoms with Gasteiger partial charge < -0.3 is 25.3 Å². The Kier molecular flexibility index (Phi) is 6.60. The second-order valence-electron chi connectivity index (χ2n) is 8.22. The summed E-state index contributed by atoms with van der Waals surface area (Å²) in [6, 6.07) is 8.76. The van der Waals surface area contributed by atoms with Crippen LogP contribution < -0.4 is 20.9 Å². The largest absolute Gasteiger partial charge is 0.492 e. The maximum Gasteiger partial charge on any atom is 0.335 e. The number of benzene rings is 2. The van der Waals surface area contributed by atoms with Crippen molar-refractivity contribution in [2.75, 3.05) is 32.0 Å². The van der Waals surface area contributed by atoms with Crippen molar-refractivity contribution in [3.63, 3.8) is 0 Å². The van der Waals surface area contributed by atoms with E-state index in [1.807, 2.05) is 26.0 Å². The Labute approximate surface area is 191 Å². The molecule has 0 saturated carbocycles. The first-order valence-corrected chi connectivity index (χ1v) is 11.3. The average molecular weight is 455 g/mol. The van der Waals surface area contributed by atoms with Crippen molar-refractivity contribution in [3.05, 3.63) is 51.9 Å². The normalized spacial score (nSPS) is 15.1. The second-order valence-corrected chi connectivity index (χ2v) is 8.22. The average Bonchev–Trinajstić information content (AvgIpc) is 3.12. The van der Waals surface area contributed by atoms with Gasteiger partial charge in [0.15, 0.2) is 0 Å². The summed E-state index contributed by atoms with van der Waals surface area (Å²) in [7, 11) is 0. The first-order chi connectivity index (χ1) is 15.9. The molecule has 9 heteroatoms. The number of carboxylic acids is 1. The molecule has 0 unspecified atom stereocenters. The highest BCUT2D eigenvalue weighted by atomic mass is 16.5. The molecule has 33 heavy (non-hydrogen) atoms. The highest BCUT2D eigenvalue weighted by Gasteiger charge is 2.24. The summed E-state index contributed by atoms with van der Waals surface area (Å²) >= 11 is 0. The van der Waals surface area contributed by atoms with Gasteiger partial charge in [0.2, 0.25) is 0 Å². The number of nitrogen functional groups attached to an aromatic ring is 1. The van der Waals surface area contributed by atoms with E-state index < -0.39 is 5.97 Å². The zero-order valence-corrected chi connectivity index (χ0v) is 19.0. The molecule has 1 aliphatic heterocycles. The number of nitrogens with two attached hydrogens (primary N) is 1. The van der Waals surface area contributed by atoms with E-state index in [-0.39, 0.29) is 17.3 Å². The van der Waals surface area contributed by atoms with Gasteiger partial charge in [-0.15, -0.1) is 0 Å². The minimum Gasteiger partial charge on any atom is -0.492 e. The smallest absolute Gasteiger partial charge is 0.335 e. The number of hydrogen-bond acceptors (Lipinski definition) is 6. The summed E-state index contributed by atoms with van der Waals surface area (Å²) in [5.74, 6) is 0.264. The summed E-state index contributed by atoms with van der Waals surface area (Å²) in [5, 5.41) is 9.20. The Hall–Kier alpha value is -3.46. The van der Waals surface area contributed by atoms with Crippen molar-refractivity contribution in [2.24, 2.45) is 0 Å². The van der Waals surface area contributed by atoms with Crippen LogP contribution >= 0.6 is 0 Å². The highest BCUT2D eigenvalue weighted by Crippen LogP contribution is 2.35. The molecule has 1 fully saturated rings. The van der Waals surface area contributed by atoms with Crippen LogP contribution in [0.4, 0.5) is 5.69 Å². The molecule has 0 atom stereocenters. The molecule has 0 radical (unpaired) electrons. The zero-order chi connectivity index (χ0) is 23.5. The van der Waals surface area contributed by atoms with Gasteiger partial charge in [0, 0.05) is 25.7 Å². The van der Waals surface area contributed by atoms with Crippen LogP contribution in [0.1, 0.15) is 48.7 Å². The zero-order valence-electron chi connectivity index (χ0n) is 19.0. The number of ether oxygens (including phenoxy) is 2. The summed E-state index contributed by atoms with van der Waals surface area (Å²) < 4.78 is 13.2. The molecule has 2 aromatic carbocycles. The molecule has 1 aromatic heterocycles. The van der Waals surface area contributed by atoms with Crippen molar-refractivity contribution >= 4 is 22.7 Å². The molecular weight excluding hydrogens is 424 g/mol. The predicted molar refractivity (Wildman–Crippen MR) is 126 cm³/mol. The molecule has 0 bridgehead atoms. The van der Waals surface area contributed by atoms with E-state index in [4.69, 9.17) is 15.2 Å². The number of fused-ring (bicyclic) bond motifs is 1. The Morgan fingerprint density at radius 1 is 1.12 bits per heavy atom. The van der Waals surface area contributed by atoms with Gasteiger partial charge >= 0.3 is 11.7 Å². The highest BCUT2D eigenvalue weighted by molar-refractivity contribution is 5.92. The lowest BCUT2D eigenvalue weighted by Gasteiger charge is -2.32. The molecular formula is C24H30N4O5. The number of hydrogen-bond donors (Lipinski definition) is 3. The molecule has 3 aromatic rings. The van der Waals surface area contributed by atoms with Gasteiger partial charge in [0.05, 0.1) is 29.8 Å². The third-order valence-corrected chi connectivity index (χ3v) is 6.06. The number of carbonyl (C=O) groups is 1. The first-order valence-electron chi connectivity index (χ1n) is 11.3. The molecule has 176 valence electrons. The number of imidazole rings is 1. The van der Waals surface area contributed by atoms with Gasteiger partial charge in [-0.3, -0.25) is 9.47 Å². The Balaban J connectivity index is 1.48. The number of rotatable bonds is 8. The summed E-state index contributed by atoms with van der Waals surface area (Å²) in [5.41, 5.74) is 9.02. The van der Waals surface area contributed by atoms with Crippen LogP contribution in [0.25, 0.3) is 11.0 Å². The van der Waals surface area contributed by atoms with Crippen LogP contribution in [0.2, 0.25) is 0 Å². The first kappa shape index (κ1) is 22.7. The minimum atomic E-state index is -1.01. The fourth-order valence-corrected chi connectivity index (χ4v) is 4.52. The van der Waals surface area contributed by atoms with Gasteiger partial charge in [-0.05, 0) is 62.6 Å². The Bertz CT molecular complexity index is 1180. The Morgan fingerprint density at radius 2 is 1.76 bits per heavy atom. The van der Waals surface area contributed by atoms with Crippen LogP contribution in [0.5, 0.6) is 11.5 Å². The van der Waals surface area contributed by atoms with E-state index in [9.17, 15) is 14.7 Å². The van der Waals surface area contributed by atoms with Crippen LogP contribution in [0.3, 0.4) is 0 Å². The number of H-pyrrole nitrogens is 1. The monoisotopic (exact) mass is 454 g/mol. The molecule has 9 nitrogen and oxygen atoms in total. The summed E-state index contributed by atoms with van der Waals surface area (Å²) in [6.45, 7) is 7.29. The number of aromatic carboxylic acids is 1. The van der Waals surface area contributed by atoms with Gasteiger partial charge in [-0.2, -0.15) is 0 Å². The standard InChI is InChI=1S/C24H30N4O5/c1-3-32-20-11-15(12-21(22(20)25)33-4-2)14-27-9-7-17(8-10-27)28-19-6-5-16(23(29)30)13-18(19)26-24(28)31/h5-6,11-13,17H,3-4,7-10,14,25H2,1-2H3,(H,26,31)(H,29,30). The number of nitrogens with zero attached hydrogens (tertiary/aromatic N) is 2. The van der Waals surface area contributed by atoms with Crippen molar-refractivity contribution in [3.8, 4) is 11.5 Å². The predicted octanol–water partition coefficient (Wildman–Crippen LogP) is 3.24. The third-order valence-electron chi connectivity index (χ3n) is 6.06. The second kappa shape index (κ2) is 9.58. The van der Waals surface area contributed by atoms with Gasteiger partial charge in [-0.25, -0.2) is 9.59 Å². The van der Waals surface area contributed by atoms with Crippen molar-refractivity contribution in [1.82, 2.24) is 14.5 Å². The summed E-state index contributed by atoms with van der Waals surface area (Å²) in [4.78, 5) is 29.0. The van der Waals surface area contributed by atoms with E-state index in [0.717, 1.165) is 43.6 Å². The molecule has 4 N–H and O–H groups in total. The van der Waals surface area contributed by atoms with E-state index in [0.29, 0.717) is 35.9 Å². The van der Waals surface area contributed by atoms with Crippen molar-refractivity contribution in [1.29, 1.82) is 0 Å². The van der Waals surface area contributed by atoms with Crippen molar-refractivity contribution < 1.29 is 19.4 Å². The summed E-state index contributed by atoms with van der Waals surface area (Å²) in [6.07, 6.45) is 1.64. The lowest BCUT2D eigenvalue weighted by Crippen LogP contribution is -2.36. The number of aromatic amines is 1. The molecule has 1 aliphatic rings. The molecule has 0 spiro atoms. The van der Waals surface area contributed by atoms with E-state index in [2.05, 4.69) is 9.88 Å².